The van der Waals surface area contributed by atoms with Gasteiger partial charge in [-0.05, 0) is 25.8 Å². The van der Waals surface area contributed by atoms with Gasteiger partial charge in [-0.15, -0.1) is 0 Å². The standard InChI is InChI=1S/C27H25F3N6O10/c1-24(37)14-5-4-13(22-34-17(25(28,29)30)10-36(22)26(38,39)40)8-15(14)44-6-7-45-23-18(19(12-2-3-12)32-11-33-23)21-31-9-16(20(24)35-21)46-27(41,42)43/h4-5,8-12,37-43H,2-3,6-7H2,1H3. The largest absolute Gasteiger partial charge is 0.490 e. The van der Waals surface area contributed by atoms with Gasteiger partial charge in [0.15, 0.2) is 17.3 Å². The first-order valence-electron chi connectivity index (χ1n) is 13.5. The third-order valence-electron chi connectivity index (χ3n) is 7.16. The van der Waals surface area contributed by atoms with E-state index in [0.717, 1.165) is 31.2 Å². The number of imidazole rings is 1. The Morgan fingerprint density at radius 3 is 2.35 bits per heavy atom. The second-order valence-corrected chi connectivity index (χ2v) is 10.7. The van der Waals surface area contributed by atoms with Crippen LogP contribution >= 0.6 is 0 Å². The minimum atomic E-state index is -5.03. The number of benzene rings is 1. The van der Waals surface area contributed by atoms with Crippen LogP contribution in [0.15, 0.2) is 36.9 Å². The molecule has 2 aliphatic rings. The van der Waals surface area contributed by atoms with Crippen LogP contribution < -0.4 is 14.2 Å². The van der Waals surface area contributed by atoms with Crippen molar-refractivity contribution in [1.82, 2.24) is 29.5 Å². The average Bonchev–Trinajstić information content (AvgIpc) is 3.68. The molecule has 46 heavy (non-hydrogen) atoms. The first-order valence-corrected chi connectivity index (χ1v) is 13.5. The van der Waals surface area contributed by atoms with Crippen molar-refractivity contribution in [2.24, 2.45) is 0 Å². The van der Waals surface area contributed by atoms with E-state index >= 15 is 0 Å². The summed E-state index contributed by atoms with van der Waals surface area (Å²) in [6.07, 6.45) is -8.47. The minimum Gasteiger partial charge on any atom is -0.490 e. The zero-order valence-corrected chi connectivity index (χ0v) is 23.5. The summed E-state index contributed by atoms with van der Waals surface area (Å²) in [5, 5.41) is 70.0. The van der Waals surface area contributed by atoms with Gasteiger partial charge in [0.1, 0.15) is 48.0 Å². The smallest absolute Gasteiger partial charge is 0.453 e. The molecule has 1 atom stereocenters. The molecular formula is C27H25F3N6O10. The highest BCUT2D eigenvalue weighted by molar-refractivity contribution is 5.67. The molecule has 2 bridgehead atoms. The Morgan fingerprint density at radius 1 is 0.978 bits per heavy atom. The predicted octanol–water partition coefficient (Wildman–Crippen LogP) is 0.232. The highest BCUT2D eigenvalue weighted by Gasteiger charge is 2.41. The zero-order chi connectivity index (χ0) is 33.2. The molecule has 0 amide bonds. The molecule has 1 unspecified atom stereocenters. The van der Waals surface area contributed by atoms with Gasteiger partial charge in [0, 0.05) is 23.2 Å². The summed E-state index contributed by atoms with van der Waals surface area (Å²) in [6.45, 7) is 0.832. The number of rotatable bonds is 5. The molecule has 19 heteroatoms. The van der Waals surface area contributed by atoms with E-state index in [1.54, 1.807) is 0 Å². The molecule has 0 spiro atoms. The number of hydrogen-bond acceptors (Lipinski definition) is 15. The Kier molecular flexibility index (Phi) is 7.39. The van der Waals surface area contributed by atoms with Crippen molar-refractivity contribution in [3.8, 4) is 40.2 Å². The molecule has 244 valence electrons. The lowest BCUT2D eigenvalue weighted by molar-refractivity contribution is -0.420. The van der Waals surface area contributed by atoms with Gasteiger partial charge in [0.2, 0.25) is 5.88 Å². The summed E-state index contributed by atoms with van der Waals surface area (Å²) < 4.78 is 57.0. The molecule has 1 aliphatic carbocycles. The van der Waals surface area contributed by atoms with Crippen molar-refractivity contribution >= 4 is 0 Å². The Morgan fingerprint density at radius 2 is 1.70 bits per heavy atom. The monoisotopic (exact) mass is 650 g/mol. The third kappa shape index (κ3) is 6.03. The predicted molar refractivity (Wildman–Crippen MR) is 142 cm³/mol. The van der Waals surface area contributed by atoms with Crippen LogP contribution in [-0.2, 0) is 17.9 Å². The number of hydrogen-bond donors (Lipinski definition) is 7. The normalized spacial score (nSPS) is 18.8. The van der Waals surface area contributed by atoms with Crippen LogP contribution in [0, 0.1) is 0 Å². The fraction of sp³-hybridized carbons (Fsp3) is 0.370. The molecule has 16 nitrogen and oxygen atoms in total. The van der Waals surface area contributed by atoms with Gasteiger partial charge < -0.3 is 50.0 Å². The van der Waals surface area contributed by atoms with Gasteiger partial charge in [0.05, 0.1) is 11.9 Å². The lowest BCUT2D eigenvalue weighted by Gasteiger charge is -2.29. The van der Waals surface area contributed by atoms with Crippen molar-refractivity contribution in [3.05, 3.63) is 59.6 Å². The zero-order valence-electron chi connectivity index (χ0n) is 23.5. The first-order chi connectivity index (χ1) is 21.4. The Balaban J connectivity index is 1.55. The van der Waals surface area contributed by atoms with E-state index in [1.165, 1.54) is 19.3 Å². The molecular weight excluding hydrogens is 625 g/mol. The molecule has 6 rings (SSSR count). The molecule has 1 aliphatic heterocycles. The number of aliphatic hydroxyl groups is 7. The van der Waals surface area contributed by atoms with Gasteiger partial charge in [-0.3, -0.25) is 4.57 Å². The summed E-state index contributed by atoms with van der Waals surface area (Å²) in [7, 11) is 0. The molecule has 0 radical (unpaired) electrons. The molecule has 4 aromatic rings. The minimum absolute atomic E-state index is 0.0491. The number of halogens is 3. The topological polar surface area (TPSA) is 239 Å². The fourth-order valence-corrected chi connectivity index (χ4v) is 4.98. The van der Waals surface area contributed by atoms with E-state index in [4.69, 9.17) is 14.2 Å². The van der Waals surface area contributed by atoms with Gasteiger partial charge in [0.25, 0.3) is 0 Å². The van der Waals surface area contributed by atoms with Crippen LogP contribution in [0.2, 0.25) is 0 Å². The van der Waals surface area contributed by atoms with Gasteiger partial charge in [-0.1, -0.05) is 12.1 Å². The number of alkyl halides is 3. The van der Waals surface area contributed by atoms with Gasteiger partial charge in [-0.2, -0.15) is 13.2 Å². The van der Waals surface area contributed by atoms with Crippen molar-refractivity contribution in [3.63, 3.8) is 0 Å². The van der Waals surface area contributed by atoms with Crippen molar-refractivity contribution in [2.75, 3.05) is 13.2 Å². The Hall–Kier alpha value is -4.50. The van der Waals surface area contributed by atoms with Crippen molar-refractivity contribution in [2.45, 2.75) is 49.7 Å². The van der Waals surface area contributed by atoms with E-state index in [0.29, 0.717) is 11.3 Å². The molecule has 3 aromatic heterocycles. The number of fused-ring (bicyclic) bond motifs is 5. The third-order valence-corrected chi connectivity index (χ3v) is 7.16. The Bertz CT molecular complexity index is 1800. The second kappa shape index (κ2) is 10.8. The van der Waals surface area contributed by atoms with Crippen LogP contribution in [0.1, 0.15) is 48.3 Å². The summed E-state index contributed by atoms with van der Waals surface area (Å²) in [5.74, 6) is -1.51. The van der Waals surface area contributed by atoms with Crippen LogP contribution in [0.25, 0.3) is 22.8 Å². The maximum Gasteiger partial charge on any atom is 0.453 e. The summed E-state index contributed by atoms with van der Waals surface area (Å²) in [4.78, 5) is 20.6. The van der Waals surface area contributed by atoms with E-state index in [1.807, 2.05) is 0 Å². The fourth-order valence-electron chi connectivity index (χ4n) is 4.98. The molecule has 1 saturated carbocycles. The summed E-state index contributed by atoms with van der Waals surface area (Å²) >= 11 is 0. The van der Waals surface area contributed by atoms with Crippen molar-refractivity contribution < 1.29 is 63.1 Å². The van der Waals surface area contributed by atoms with Crippen LogP contribution in [0.5, 0.6) is 17.4 Å². The van der Waals surface area contributed by atoms with E-state index < -0.39 is 47.0 Å². The van der Waals surface area contributed by atoms with Crippen LogP contribution in [0.4, 0.5) is 13.2 Å². The number of ether oxygens (including phenoxy) is 3. The highest BCUT2D eigenvalue weighted by Crippen LogP contribution is 2.47. The van der Waals surface area contributed by atoms with E-state index in [9.17, 15) is 48.9 Å². The van der Waals surface area contributed by atoms with Gasteiger partial charge in [-0.25, -0.2) is 24.9 Å². The molecule has 7 N–H and O–H groups in total. The van der Waals surface area contributed by atoms with E-state index in [2.05, 4.69) is 24.9 Å². The quantitative estimate of drug-likeness (QED) is 0.143. The maximum absolute atomic E-state index is 13.5. The Labute approximate surface area is 255 Å². The summed E-state index contributed by atoms with van der Waals surface area (Å²) in [5.41, 5.74) is -3.77. The van der Waals surface area contributed by atoms with E-state index in [-0.39, 0.29) is 58.5 Å². The SMILES string of the molecule is CC1(O)c2ccc(-c3nc(C(F)(F)F)cn3C(O)(O)O)cc2OCCOc2ncnc(C3CC3)c2-c2ncc(OC(O)(O)O)c1n2. The summed E-state index contributed by atoms with van der Waals surface area (Å²) in [6, 6.07) is 3.41. The van der Waals surface area contributed by atoms with Gasteiger partial charge >= 0.3 is 18.4 Å². The van der Waals surface area contributed by atoms with Crippen LogP contribution in [-0.4, -0.2) is 84.6 Å². The average molecular weight is 651 g/mol. The number of nitrogens with zero attached hydrogens (tertiary/aromatic N) is 6. The molecule has 1 aromatic carbocycles. The maximum atomic E-state index is 13.5. The molecule has 4 heterocycles. The first kappa shape index (κ1) is 31.5. The highest BCUT2D eigenvalue weighted by atomic mass is 19.4. The molecule has 0 saturated heterocycles. The van der Waals surface area contributed by atoms with Crippen LogP contribution in [0.3, 0.4) is 0 Å². The number of aromatic nitrogens is 6. The lowest BCUT2D eigenvalue weighted by Crippen LogP contribution is -2.37. The molecule has 1 fully saturated rings. The van der Waals surface area contributed by atoms with Crippen molar-refractivity contribution in [1.29, 1.82) is 0 Å². The second-order valence-electron chi connectivity index (χ2n) is 10.7. The lowest BCUT2D eigenvalue weighted by atomic mass is 9.89.